The Hall–Kier alpha value is -0.900. The van der Waals surface area contributed by atoms with Gasteiger partial charge in [-0.15, -0.1) is 5.10 Å². The molecule has 3 unspecified atom stereocenters. The van der Waals surface area contributed by atoms with Gasteiger partial charge < -0.3 is 5.32 Å². The fourth-order valence-electron chi connectivity index (χ4n) is 3.37. The van der Waals surface area contributed by atoms with Crippen molar-refractivity contribution in [3.05, 3.63) is 11.9 Å². The Labute approximate surface area is 123 Å². The number of hydrogen-bond acceptors (Lipinski definition) is 3. The van der Waals surface area contributed by atoms with E-state index >= 15 is 0 Å². The van der Waals surface area contributed by atoms with E-state index in [0.29, 0.717) is 11.8 Å². The average Bonchev–Trinajstić information content (AvgIpc) is 2.81. The summed E-state index contributed by atoms with van der Waals surface area (Å²) < 4.78 is 1.97. The van der Waals surface area contributed by atoms with E-state index < -0.39 is 0 Å². The first-order valence-corrected chi connectivity index (χ1v) is 8.00. The van der Waals surface area contributed by atoms with E-state index in [0.717, 1.165) is 12.5 Å². The maximum atomic E-state index is 4.13. The molecule has 1 aromatic rings. The van der Waals surface area contributed by atoms with Gasteiger partial charge in [0, 0.05) is 18.5 Å². The standard InChI is InChI=1S/C16H30N4/c1-6-12-7-8-13(10-17-16(2,3)4)14(9-12)15-11-18-19-20(15)5/h11-14,17H,6-10H2,1-5H3. The molecule has 1 heterocycles. The Bertz CT molecular complexity index is 418. The molecule has 4 heteroatoms. The maximum absolute atomic E-state index is 4.13. The van der Waals surface area contributed by atoms with E-state index in [1.54, 1.807) is 0 Å². The smallest absolute Gasteiger partial charge is 0.0728 e. The summed E-state index contributed by atoms with van der Waals surface area (Å²) in [5.41, 5.74) is 1.50. The highest BCUT2D eigenvalue weighted by atomic mass is 15.4. The third kappa shape index (κ3) is 3.81. The molecule has 0 aliphatic heterocycles. The molecule has 1 aliphatic carbocycles. The third-order valence-corrected chi connectivity index (χ3v) is 4.70. The zero-order chi connectivity index (χ0) is 14.8. The van der Waals surface area contributed by atoms with Crippen molar-refractivity contribution < 1.29 is 0 Å². The Morgan fingerprint density at radius 1 is 1.35 bits per heavy atom. The zero-order valence-electron chi connectivity index (χ0n) is 13.7. The Balaban J connectivity index is 2.10. The minimum Gasteiger partial charge on any atom is -0.312 e. The van der Waals surface area contributed by atoms with Crippen LogP contribution in [0.3, 0.4) is 0 Å². The first-order valence-electron chi connectivity index (χ1n) is 8.00. The highest BCUT2D eigenvalue weighted by Crippen LogP contribution is 2.41. The van der Waals surface area contributed by atoms with Gasteiger partial charge in [-0.3, -0.25) is 4.68 Å². The van der Waals surface area contributed by atoms with Gasteiger partial charge in [0.25, 0.3) is 0 Å². The predicted molar refractivity (Wildman–Crippen MR) is 82.6 cm³/mol. The second kappa shape index (κ2) is 6.25. The van der Waals surface area contributed by atoms with Gasteiger partial charge in [0.1, 0.15) is 0 Å². The van der Waals surface area contributed by atoms with Crippen molar-refractivity contribution >= 4 is 0 Å². The topological polar surface area (TPSA) is 42.7 Å². The second-order valence-electron chi connectivity index (χ2n) is 7.37. The van der Waals surface area contributed by atoms with Crippen LogP contribution in [0, 0.1) is 11.8 Å². The average molecular weight is 278 g/mol. The van der Waals surface area contributed by atoms with Crippen molar-refractivity contribution in [3.8, 4) is 0 Å². The quantitative estimate of drug-likeness (QED) is 0.920. The summed E-state index contributed by atoms with van der Waals surface area (Å²) in [5, 5.41) is 11.9. The van der Waals surface area contributed by atoms with E-state index in [4.69, 9.17) is 0 Å². The molecule has 1 aromatic heterocycles. The molecule has 2 rings (SSSR count). The van der Waals surface area contributed by atoms with Crippen LogP contribution < -0.4 is 5.32 Å². The first-order chi connectivity index (χ1) is 9.40. The predicted octanol–water partition coefficient (Wildman–Crippen LogP) is 3.11. The minimum absolute atomic E-state index is 0.191. The van der Waals surface area contributed by atoms with Crippen molar-refractivity contribution in [3.63, 3.8) is 0 Å². The number of aryl methyl sites for hydroxylation is 1. The summed E-state index contributed by atoms with van der Waals surface area (Å²) in [4.78, 5) is 0. The van der Waals surface area contributed by atoms with Crippen LogP contribution in [0.1, 0.15) is 65.0 Å². The van der Waals surface area contributed by atoms with Crippen molar-refractivity contribution in [2.75, 3.05) is 6.54 Å². The lowest BCUT2D eigenvalue weighted by molar-refractivity contribution is 0.207. The normalized spacial score (nSPS) is 27.8. The molecule has 0 saturated heterocycles. The number of hydrogen-bond donors (Lipinski definition) is 1. The Morgan fingerprint density at radius 3 is 2.65 bits per heavy atom. The molecule has 1 aliphatic rings. The summed E-state index contributed by atoms with van der Waals surface area (Å²) in [5.74, 6) is 2.17. The monoisotopic (exact) mass is 278 g/mol. The lowest BCUT2D eigenvalue weighted by atomic mass is 9.71. The lowest BCUT2D eigenvalue weighted by Crippen LogP contribution is -2.42. The molecule has 4 nitrogen and oxygen atoms in total. The van der Waals surface area contributed by atoms with Crippen molar-refractivity contribution in [2.45, 2.75) is 64.8 Å². The van der Waals surface area contributed by atoms with Crippen LogP contribution in [-0.4, -0.2) is 27.1 Å². The van der Waals surface area contributed by atoms with Gasteiger partial charge in [0.15, 0.2) is 0 Å². The summed E-state index contributed by atoms with van der Waals surface area (Å²) in [6, 6.07) is 0. The highest BCUT2D eigenvalue weighted by Gasteiger charge is 2.33. The van der Waals surface area contributed by atoms with Gasteiger partial charge in [-0.1, -0.05) is 25.0 Å². The van der Waals surface area contributed by atoms with E-state index in [9.17, 15) is 0 Å². The molecular weight excluding hydrogens is 248 g/mol. The summed E-state index contributed by atoms with van der Waals surface area (Å²) in [6.45, 7) is 10.1. The van der Waals surface area contributed by atoms with E-state index in [1.165, 1.54) is 31.4 Å². The fraction of sp³-hybridized carbons (Fsp3) is 0.875. The molecule has 1 saturated carbocycles. The molecule has 0 amide bonds. The van der Waals surface area contributed by atoms with E-state index in [-0.39, 0.29) is 5.54 Å². The van der Waals surface area contributed by atoms with Gasteiger partial charge in [0.05, 0.1) is 11.9 Å². The van der Waals surface area contributed by atoms with Crippen molar-refractivity contribution in [2.24, 2.45) is 18.9 Å². The van der Waals surface area contributed by atoms with Crippen LogP contribution in [0.4, 0.5) is 0 Å². The third-order valence-electron chi connectivity index (χ3n) is 4.70. The zero-order valence-corrected chi connectivity index (χ0v) is 13.7. The highest BCUT2D eigenvalue weighted by molar-refractivity contribution is 5.08. The molecule has 1 N–H and O–H groups in total. The number of nitrogens with zero attached hydrogens (tertiary/aromatic N) is 3. The fourth-order valence-corrected chi connectivity index (χ4v) is 3.37. The molecule has 1 fully saturated rings. The summed E-state index contributed by atoms with van der Waals surface area (Å²) in [6.07, 6.45) is 7.23. The maximum Gasteiger partial charge on any atom is 0.0728 e. The van der Waals surface area contributed by atoms with E-state index in [2.05, 4.69) is 43.3 Å². The molecule has 0 radical (unpaired) electrons. The number of nitrogens with one attached hydrogen (secondary N) is 1. The summed E-state index contributed by atoms with van der Waals surface area (Å²) in [7, 11) is 2.02. The number of aromatic nitrogens is 3. The van der Waals surface area contributed by atoms with Crippen LogP contribution in [0.25, 0.3) is 0 Å². The van der Waals surface area contributed by atoms with Gasteiger partial charge in [-0.05, 0) is 52.0 Å². The molecule has 114 valence electrons. The minimum atomic E-state index is 0.191. The van der Waals surface area contributed by atoms with E-state index in [1.807, 2.05) is 17.9 Å². The molecule has 0 spiro atoms. The molecule has 20 heavy (non-hydrogen) atoms. The van der Waals surface area contributed by atoms with Gasteiger partial charge in [0.2, 0.25) is 0 Å². The van der Waals surface area contributed by atoms with Crippen LogP contribution in [0.2, 0.25) is 0 Å². The second-order valence-corrected chi connectivity index (χ2v) is 7.37. The van der Waals surface area contributed by atoms with Crippen LogP contribution in [0.15, 0.2) is 6.20 Å². The Morgan fingerprint density at radius 2 is 2.10 bits per heavy atom. The number of rotatable bonds is 4. The Kier molecular flexibility index (Phi) is 4.84. The van der Waals surface area contributed by atoms with Gasteiger partial charge in [-0.25, -0.2) is 0 Å². The van der Waals surface area contributed by atoms with Gasteiger partial charge >= 0.3 is 0 Å². The SMILES string of the molecule is CCC1CCC(CNC(C)(C)C)C(c2cnnn2C)C1. The van der Waals surface area contributed by atoms with Gasteiger partial charge in [-0.2, -0.15) is 0 Å². The molecular formula is C16H30N4. The first kappa shape index (κ1) is 15.5. The van der Waals surface area contributed by atoms with Crippen LogP contribution in [-0.2, 0) is 7.05 Å². The van der Waals surface area contributed by atoms with Crippen molar-refractivity contribution in [1.82, 2.24) is 20.3 Å². The summed E-state index contributed by atoms with van der Waals surface area (Å²) >= 11 is 0. The largest absolute Gasteiger partial charge is 0.312 e. The molecule has 0 bridgehead atoms. The molecule has 0 aromatic carbocycles. The molecule has 3 atom stereocenters. The van der Waals surface area contributed by atoms with Crippen LogP contribution in [0.5, 0.6) is 0 Å². The van der Waals surface area contributed by atoms with Crippen molar-refractivity contribution in [1.29, 1.82) is 0 Å². The van der Waals surface area contributed by atoms with Crippen LogP contribution >= 0.6 is 0 Å². The lowest BCUT2D eigenvalue weighted by Gasteiger charge is -2.37.